The van der Waals surface area contributed by atoms with Gasteiger partial charge in [0.2, 0.25) is 5.91 Å². The monoisotopic (exact) mass is 281 g/mol. The standard InChI is InChI=1S/C14H16FNO4/c1-2-5-20-12-6-8(15)3-4-11(12)16-13(17)9-7-10(9)14(18)19/h3-4,6,9-10H,2,5,7H2,1H3,(H,16,17)(H,18,19). The van der Waals surface area contributed by atoms with Crippen molar-refractivity contribution >= 4 is 17.6 Å². The van der Waals surface area contributed by atoms with Crippen LogP contribution in [0.5, 0.6) is 5.75 Å². The maximum atomic E-state index is 13.2. The molecule has 1 amide bonds. The topological polar surface area (TPSA) is 75.6 Å². The first-order chi connectivity index (χ1) is 9.52. The van der Waals surface area contributed by atoms with Gasteiger partial charge in [0.05, 0.1) is 24.1 Å². The predicted molar refractivity (Wildman–Crippen MR) is 70.0 cm³/mol. The molecule has 6 heteroatoms. The van der Waals surface area contributed by atoms with E-state index in [2.05, 4.69) is 5.32 Å². The molecule has 2 N–H and O–H groups in total. The van der Waals surface area contributed by atoms with E-state index in [1.807, 2.05) is 6.92 Å². The Kier molecular flexibility index (Phi) is 4.22. The number of hydrogen-bond acceptors (Lipinski definition) is 3. The minimum Gasteiger partial charge on any atom is -0.491 e. The van der Waals surface area contributed by atoms with E-state index >= 15 is 0 Å². The Balaban J connectivity index is 2.05. The Hall–Kier alpha value is -2.11. The zero-order valence-electron chi connectivity index (χ0n) is 11.1. The molecule has 1 aromatic rings. The van der Waals surface area contributed by atoms with Gasteiger partial charge in [-0.05, 0) is 25.0 Å². The summed E-state index contributed by atoms with van der Waals surface area (Å²) in [5, 5.41) is 11.4. The molecule has 108 valence electrons. The number of benzene rings is 1. The highest BCUT2D eigenvalue weighted by Crippen LogP contribution is 2.40. The Morgan fingerprint density at radius 3 is 2.80 bits per heavy atom. The number of carbonyl (C=O) groups excluding carboxylic acids is 1. The number of anilines is 1. The van der Waals surface area contributed by atoms with Crippen LogP contribution in [0.4, 0.5) is 10.1 Å². The van der Waals surface area contributed by atoms with E-state index in [4.69, 9.17) is 9.84 Å². The van der Waals surface area contributed by atoms with Gasteiger partial charge in [-0.2, -0.15) is 0 Å². The summed E-state index contributed by atoms with van der Waals surface area (Å²) in [4.78, 5) is 22.6. The Morgan fingerprint density at radius 1 is 1.45 bits per heavy atom. The molecule has 0 saturated heterocycles. The summed E-state index contributed by atoms with van der Waals surface area (Å²) in [6, 6.07) is 3.83. The number of carbonyl (C=O) groups is 2. The molecule has 1 saturated carbocycles. The summed E-state index contributed by atoms with van der Waals surface area (Å²) in [5.41, 5.74) is 0.362. The van der Waals surface area contributed by atoms with E-state index in [0.717, 1.165) is 6.42 Å². The van der Waals surface area contributed by atoms with Crippen LogP contribution >= 0.6 is 0 Å². The Bertz CT molecular complexity index is 532. The van der Waals surface area contributed by atoms with Gasteiger partial charge in [0.25, 0.3) is 0 Å². The summed E-state index contributed by atoms with van der Waals surface area (Å²) in [5.74, 6) is -2.67. The first kappa shape index (κ1) is 14.3. The molecule has 2 atom stereocenters. The molecular formula is C14H16FNO4. The second-order valence-electron chi connectivity index (χ2n) is 4.77. The number of rotatable bonds is 6. The van der Waals surface area contributed by atoms with Crippen LogP contribution in [0.15, 0.2) is 18.2 Å². The van der Waals surface area contributed by atoms with Crippen molar-refractivity contribution in [2.75, 3.05) is 11.9 Å². The number of halogens is 1. The highest BCUT2D eigenvalue weighted by atomic mass is 19.1. The van der Waals surface area contributed by atoms with Crippen molar-refractivity contribution in [1.82, 2.24) is 0 Å². The normalized spacial score (nSPS) is 20.3. The van der Waals surface area contributed by atoms with E-state index in [0.29, 0.717) is 18.7 Å². The lowest BCUT2D eigenvalue weighted by Crippen LogP contribution is -2.17. The number of nitrogens with one attached hydrogen (secondary N) is 1. The van der Waals surface area contributed by atoms with Crippen molar-refractivity contribution < 1.29 is 23.8 Å². The molecule has 1 aromatic carbocycles. The molecule has 0 radical (unpaired) electrons. The van der Waals surface area contributed by atoms with E-state index < -0.39 is 23.6 Å². The van der Waals surface area contributed by atoms with E-state index in [1.165, 1.54) is 18.2 Å². The van der Waals surface area contributed by atoms with Crippen LogP contribution in [0.25, 0.3) is 0 Å². The summed E-state index contributed by atoms with van der Waals surface area (Å²) in [6.45, 7) is 2.33. The molecular weight excluding hydrogens is 265 g/mol. The molecule has 2 rings (SSSR count). The van der Waals surface area contributed by atoms with E-state index in [9.17, 15) is 14.0 Å². The average Bonchev–Trinajstić information content (AvgIpc) is 3.19. The predicted octanol–water partition coefficient (Wildman–Crippen LogP) is 2.27. The van der Waals surface area contributed by atoms with Crippen LogP contribution < -0.4 is 10.1 Å². The molecule has 20 heavy (non-hydrogen) atoms. The zero-order valence-corrected chi connectivity index (χ0v) is 11.1. The third-order valence-corrected chi connectivity index (χ3v) is 3.11. The zero-order chi connectivity index (χ0) is 14.7. The van der Waals surface area contributed by atoms with Crippen LogP contribution in [-0.4, -0.2) is 23.6 Å². The van der Waals surface area contributed by atoms with Gasteiger partial charge in [0.15, 0.2) is 0 Å². The molecule has 0 aromatic heterocycles. The quantitative estimate of drug-likeness (QED) is 0.838. The largest absolute Gasteiger partial charge is 0.491 e. The maximum absolute atomic E-state index is 13.2. The fraction of sp³-hybridized carbons (Fsp3) is 0.429. The number of carboxylic acid groups (broad SMARTS) is 1. The van der Waals surface area contributed by atoms with Crippen LogP contribution in [0, 0.1) is 17.7 Å². The first-order valence-electron chi connectivity index (χ1n) is 6.49. The Labute approximate surface area is 115 Å². The van der Waals surface area contributed by atoms with Crippen molar-refractivity contribution in [2.24, 2.45) is 11.8 Å². The van der Waals surface area contributed by atoms with Gasteiger partial charge < -0.3 is 15.2 Å². The van der Waals surface area contributed by atoms with Gasteiger partial charge in [0.1, 0.15) is 11.6 Å². The van der Waals surface area contributed by atoms with Crippen LogP contribution in [0.2, 0.25) is 0 Å². The van der Waals surface area contributed by atoms with Crippen molar-refractivity contribution in [3.8, 4) is 5.75 Å². The number of aliphatic carboxylic acids is 1. The molecule has 1 aliphatic carbocycles. The number of carboxylic acids is 1. The van der Waals surface area contributed by atoms with E-state index in [-0.39, 0.29) is 11.7 Å². The lowest BCUT2D eigenvalue weighted by molar-refractivity contribution is -0.139. The van der Waals surface area contributed by atoms with E-state index in [1.54, 1.807) is 0 Å². The number of amides is 1. The van der Waals surface area contributed by atoms with Crippen molar-refractivity contribution in [3.63, 3.8) is 0 Å². The fourth-order valence-electron chi connectivity index (χ4n) is 1.91. The molecule has 0 aliphatic heterocycles. The lowest BCUT2D eigenvalue weighted by atomic mass is 10.2. The molecule has 1 aliphatic rings. The first-order valence-corrected chi connectivity index (χ1v) is 6.49. The fourth-order valence-corrected chi connectivity index (χ4v) is 1.91. The molecule has 0 bridgehead atoms. The SMILES string of the molecule is CCCOc1cc(F)ccc1NC(=O)C1CC1C(=O)O. The third-order valence-electron chi connectivity index (χ3n) is 3.11. The van der Waals surface area contributed by atoms with Gasteiger partial charge in [-0.15, -0.1) is 0 Å². The van der Waals surface area contributed by atoms with Gasteiger partial charge in [-0.3, -0.25) is 9.59 Å². The van der Waals surface area contributed by atoms with Gasteiger partial charge in [-0.25, -0.2) is 4.39 Å². The lowest BCUT2D eigenvalue weighted by Gasteiger charge is -2.12. The Morgan fingerprint density at radius 2 is 2.20 bits per heavy atom. The van der Waals surface area contributed by atoms with Crippen LogP contribution in [-0.2, 0) is 9.59 Å². The number of hydrogen-bond donors (Lipinski definition) is 2. The summed E-state index contributed by atoms with van der Waals surface area (Å²) >= 11 is 0. The minimum absolute atomic E-state index is 0.257. The van der Waals surface area contributed by atoms with Gasteiger partial charge >= 0.3 is 5.97 Å². The maximum Gasteiger partial charge on any atom is 0.307 e. The highest BCUT2D eigenvalue weighted by Gasteiger charge is 2.48. The summed E-state index contributed by atoms with van der Waals surface area (Å²) < 4.78 is 18.6. The molecule has 1 fully saturated rings. The molecule has 5 nitrogen and oxygen atoms in total. The average molecular weight is 281 g/mol. The van der Waals surface area contributed by atoms with Crippen LogP contribution in [0.3, 0.4) is 0 Å². The van der Waals surface area contributed by atoms with Crippen molar-refractivity contribution in [1.29, 1.82) is 0 Å². The second-order valence-corrected chi connectivity index (χ2v) is 4.77. The summed E-state index contributed by atoms with van der Waals surface area (Å²) in [7, 11) is 0. The van der Waals surface area contributed by atoms with Gasteiger partial charge in [0, 0.05) is 6.07 Å². The summed E-state index contributed by atoms with van der Waals surface area (Å²) in [6.07, 6.45) is 1.10. The minimum atomic E-state index is -0.966. The molecule has 0 spiro atoms. The second kappa shape index (κ2) is 5.90. The highest BCUT2D eigenvalue weighted by molar-refractivity contribution is 5.99. The smallest absolute Gasteiger partial charge is 0.307 e. The number of ether oxygens (including phenoxy) is 1. The molecule has 2 unspecified atom stereocenters. The molecule has 0 heterocycles. The van der Waals surface area contributed by atoms with Crippen molar-refractivity contribution in [2.45, 2.75) is 19.8 Å². The van der Waals surface area contributed by atoms with Crippen LogP contribution in [0.1, 0.15) is 19.8 Å². The van der Waals surface area contributed by atoms with Gasteiger partial charge in [-0.1, -0.05) is 6.92 Å². The third kappa shape index (κ3) is 3.26. The van der Waals surface area contributed by atoms with Crippen molar-refractivity contribution in [3.05, 3.63) is 24.0 Å².